The number of nitrogen functional groups attached to an aromatic ring is 1. The Morgan fingerprint density at radius 2 is 1.08 bits per heavy atom. The summed E-state index contributed by atoms with van der Waals surface area (Å²) in [5.41, 5.74) is -5.63. The molecular formula is C45H30Cl2F10N10O7. The van der Waals surface area contributed by atoms with Gasteiger partial charge >= 0.3 is 12.4 Å². The molecule has 4 aromatic carbocycles. The van der Waals surface area contributed by atoms with Crippen molar-refractivity contribution in [3.63, 3.8) is 0 Å². The van der Waals surface area contributed by atoms with Crippen LogP contribution in [-0.4, -0.2) is 73.8 Å². The minimum absolute atomic E-state index is 0.0845. The lowest BCUT2D eigenvalue weighted by atomic mass is 10.0. The van der Waals surface area contributed by atoms with E-state index in [1.807, 2.05) is 0 Å². The van der Waals surface area contributed by atoms with Crippen LogP contribution in [0.3, 0.4) is 0 Å². The molecule has 0 aliphatic carbocycles. The van der Waals surface area contributed by atoms with Crippen LogP contribution in [-0.2, 0) is 26.6 Å². The lowest BCUT2D eigenvalue weighted by Crippen LogP contribution is -2.30. The second kappa shape index (κ2) is 22.4. The maximum absolute atomic E-state index is 14.6. The maximum atomic E-state index is 14.6. The number of halogens is 12. The maximum Gasteiger partial charge on any atom is 0.434 e. The summed E-state index contributed by atoms with van der Waals surface area (Å²) in [4.78, 5) is 12.5. The fourth-order valence-electron chi connectivity index (χ4n) is 6.98. The number of aromatic nitrogens is 8. The highest BCUT2D eigenvalue weighted by Crippen LogP contribution is 2.47. The summed E-state index contributed by atoms with van der Waals surface area (Å²) in [7, 11) is 4.53. The van der Waals surface area contributed by atoms with Gasteiger partial charge in [0.05, 0.1) is 44.7 Å². The fourth-order valence-corrected chi connectivity index (χ4v) is 7.48. The molecule has 5 aromatic heterocycles. The monoisotopic (exact) mass is 1080 g/mol. The van der Waals surface area contributed by atoms with Gasteiger partial charge in [-0.25, -0.2) is 32.8 Å². The first-order valence-corrected chi connectivity index (χ1v) is 21.1. The van der Waals surface area contributed by atoms with Crippen LogP contribution >= 0.6 is 23.2 Å². The quantitative estimate of drug-likeness (QED) is 0.0406. The molecule has 29 heteroatoms. The van der Waals surface area contributed by atoms with Crippen molar-refractivity contribution in [2.45, 2.75) is 18.8 Å². The van der Waals surface area contributed by atoms with Gasteiger partial charge in [-0.15, -0.1) is 10.2 Å². The Morgan fingerprint density at radius 3 is 1.50 bits per heavy atom. The number of nitrogens with zero attached hydrogens (tertiary/aromatic N) is 8. The highest BCUT2D eigenvalue weighted by Gasteiger charge is 2.44. The minimum atomic E-state index is -5.08. The van der Waals surface area contributed by atoms with E-state index in [1.54, 1.807) is 5.43 Å². The number of hydrogen-bond donors (Lipinski definition) is 2. The largest absolute Gasteiger partial charge is 0.434 e. The molecule has 0 fully saturated rings. The average Bonchev–Trinajstić information content (AvgIpc) is 4.22. The molecule has 0 aliphatic heterocycles. The van der Waals surface area contributed by atoms with Gasteiger partial charge in [-0.05, 0) is 48.5 Å². The molecule has 3 N–H and O–H groups in total. The zero-order chi connectivity index (χ0) is 53.6. The van der Waals surface area contributed by atoms with E-state index >= 15 is 0 Å². The minimum Gasteiger partial charge on any atom is -0.423 e. The van der Waals surface area contributed by atoms with Crippen molar-refractivity contribution in [2.75, 3.05) is 21.3 Å². The van der Waals surface area contributed by atoms with E-state index in [1.165, 1.54) is 69.9 Å². The number of nitrogens with two attached hydrogens (primary N) is 1. The van der Waals surface area contributed by atoms with Gasteiger partial charge in [0, 0.05) is 21.3 Å². The molecule has 9 rings (SSSR count). The zero-order valence-electron chi connectivity index (χ0n) is 37.4. The highest BCUT2D eigenvalue weighted by atomic mass is 35.5. The van der Waals surface area contributed by atoms with Crippen LogP contribution in [0.1, 0.15) is 21.7 Å². The third-order valence-electron chi connectivity index (χ3n) is 10.0. The third kappa shape index (κ3) is 10.9. The summed E-state index contributed by atoms with van der Waals surface area (Å²) < 4.78 is 172. The van der Waals surface area contributed by atoms with Gasteiger partial charge in [0.2, 0.25) is 6.39 Å². The van der Waals surface area contributed by atoms with Crippen LogP contribution < -0.4 is 11.3 Å². The normalized spacial score (nSPS) is 11.6. The smallest absolute Gasteiger partial charge is 0.423 e. The lowest BCUT2D eigenvalue weighted by Gasteiger charge is -2.13. The summed E-state index contributed by atoms with van der Waals surface area (Å²) in [5, 5.41) is 21.7. The molecule has 0 unspecified atom stereocenters. The molecule has 0 radical (unpaired) electrons. The van der Waals surface area contributed by atoms with Crippen LogP contribution in [0.25, 0.3) is 68.0 Å². The number of amides is 1. The van der Waals surface area contributed by atoms with Gasteiger partial charge in [0.15, 0.2) is 22.9 Å². The fraction of sp³-hybridized carbons (Fsp3) is 0.133. The molecule has 386 valence electrons. The molecule has 0 saturated heterocycles. The number of hydrazine groups is 1. The van der Waals surface area contributed by atoms with Crippen LogP contribution in [0, 0.1) is 23.3 Å². The predicted octanol–water partition coefficient (Wildman–Crippen LogP) is 11.2. The number of alkyl halides is 6. The number of para-hydroxylation sites is 2. The van der Waals surface area contributed by atoms with Crippen LogP contribution in [0.15, 0.2) is 117 Å². The van der Waals surface area contributed by atoms with E-state index in [9.17, 15) is 48.7 Å². The molecule has 0 aliphatic rings. The van der Waals surface area contributed by atoms with Crippen molar-refractivity contribution in [2.24, 2.45) is 5.84 Å². The number of hydrogen-bond acceptors (Lipinski definition) is 14. The molecular weight excluding hydrogens is 1050 g/mol. The Kier molecular flexibility index (Phi) is 16.3. The Hall–Kier alpha value is -7.95. The van der Waals surface area contributed by atoms with Gasteiger partial charge < -0.3 is 27.7 Å². The summed E-state index contributed by atoms with van der Waals surface area (Å²) in [6.45, 7) is -0.514. The van der Waals surface area contributed by atoms with E-state index in [0.29, 0.717) is 9.36 Å². The molecule has 0 atom stereocenters. The Labute approximate surface area is 417 Å². The molecule has 1 amide bonds. The summed E-state index contributed by atoms with van der Waals surface area (Å²) in [5.74, 6) is -1.12. The lowest BCUT2D eigenvalue weighted by molar-refractivity contribution is -0.252. The van der Waals surface area contributed by atoms with E-state index in [4.69, 9.17) is 42.5 Å². The van der Waals surface area contributed by atoms with Gasteiger partial charge in [0.1, 0.15) is 57.2 Å². The van der Waals surface area contributed by atoms with Gasteiger partial charge in [-0.1, -0.05) is 69.9 Å². The SMILES string of the molecule is COC(OC)OC.Fc1ccccc1-n1ncc(-c2onc(-c3c(F)cccc3Cl)c2-c2nnco2)c1C(F)(F)F.NNC(=O)c1c(-c2c(F)cccc2Cl)noc1-c1cnn(-c2ccccc2F)c1C(F)(F)F. The van der Waals surface area contributed by atoms with E-state index in [0.717, 1.165) is 55.2 Å². The van der Waals surface area contributed by atoms with Crippen LogP contribution in [0.5, 0.6) is 0 Å². The van der Waals surface area contributed by atoms with Crippen molar-refractivity contribution >= 4 is 29.1 Å². The van der Waals surface area contributed by atoms with Crippen LogP contribution in [0.2, 0.25) is 10.0 Å². The second-order valence-electron chi connectivity index (χ2n) is 14.4. The Balaban J connectivity index is 0.000000192. The van der Waals surface area contributed by atoms with Crippen molar-refractivity contribution in [1.82, 2.24) is 45.5 Å². The van der Waals surface area contributed by atoms with E-state index in [-0.39, 0.29) is 38.3 Å². The van der Waals surface area contributed by atoms with Crippen molar-refractivity contribution in [3.8, 4) is 68.0 Å². The summed E-state index contributed by atoms with van der Waals surface area (Å²) in [6, 6.07) is 16.8. The number of methoxy groups -OCH3 is 3. The summed E-state index contributed by atoms with van der Waals surface area (Å²) in [6.07, 6.45) is -7.62. The third-order valence-corrected chi connectivity index (χ3v) is 10.6. The van der Waals surface area contributed by atoms with E-state index < -0.39 is 105 Å². The molecule has 0 saturated carbocycles. The number of benzene rings is 4. The molecule has 17 nitrogen and oxygen atoms in total. The topological polar surface area (TPSA) is 209 Å². The second-order valence-corrected chi connectivity index (χ2v) is 15.2. The van der Waals surface area contributed by atoms with E-state index in [2.05, 4.69) is 44.9 Å². The van der Waals surface area contributed by atoms with Crippen molar-refractivity contribution < 1.29 is 76.4 Å². The Morgan fingerprint density at radius 1 is 0.635 bits per heavy atom. The molecule has 74 heavy (non-hydrogen) atoms. The first kappa shape index (κ1) is 53.8. The van der Waals surface area contributed by atoms with Gasteiger partial charge in [-0.2, -0.15) is 36.5 Å². The molecule has 5 heterocycles. The zero-order valence-corrected chi connectivity index (χ0v) is 39.0. The number of rotatable bonds is 11. The van der Waals surface area contributed by atoms with Crippen molar-refractivity contribution in [1.29, 1.82) is 0 Å². The first-order chi connectivity index (χ1) is 35.3. The predicted molar refractivity (Wildman–Crippen MR) is 239 cm³/mol. The number of ether oxygens (including phenoxy) is 3. The highest BCUT2D eigenvalue weighted by molar-refractivity contribution is 6.34. The van der Waals surface area contributed by atoms with Crippen molar-refractivity contribution in [3.05, 3.63) is 154 Å². The first-order valence-electron chi connectivity index (χ1n) is 20.3. The summed E-state index contributed by atoms with van der Waals surface area (Å²) >= 11 is 12.2. The molecule has 0 spiro atoms. The standard InChI is InChI=1S/C21H9ClF5N5O2.C20H11ClF5N5O2.C4H10O3/c22-11-4-3-6-13(24)15(11)17-16(20-30-28-9-33-20)18(34-31-17)10-8-29-32(19(10)21(25,26)27)14-7-2-1-5-12(14)23;21-10-4-3-6-12(23)14(10)16-15(19(32)29-27)17(33-30-16)9-8-28-31(18(9)20(24,25)26)13-7-2-1-5-11(13)22;1-5-4(6-2)7-3/h1-9H;1-8H,27H2,(H,29,32);4H,1-3H3. The average molecular weight is 1080 g/mol. The van der Waals surface area contributed by atoms with Gasteiger partial charge in [-0.3, -0.25) is 10.2 Å². The number of carbonyl (C=O) groups excluding carboxylic acids is 1. The van der Waals surface area contributed by atoms with Crippen LogP contribution in [0.4, 0.5) is 43.9 Å². The Bertz CT molecular complexity index is 3370. The number of nitrogens with one attached hydrogen (secondary N) is 1. The van der Waals surface area contributed by atoms with Gasteiger partial charge in [0.25, 0.3) is 18.3 Å². The molecule has 9 aromatic rings. The molecule has 0 bridgehead atoms. The number of carbonyl (C=O) groups is 1.